The molecule has 2 aromatic carbocycles. The number of hydrogen-bond donors (Lipinski definition) is 5. The molecule has 8 heteroatoms. The highest BCUT2D eigenvalue weighted by atomic mass is 16.5. The average molecular weight is 442 g/mol. The quantitative estimate of drug-likeness (QED) is 0.283. The number of carbonyl (C=O) groups is 3. The summed E-state index contributed by atoms with van der Waals surface area (Å²) in [4.78, 5) is 38.0. The number of amides is 3. The maximum atomic E-state index is 13.2. The molecule has 32 heavy (non-hydrogen) atoms. The lowest BCUT2D eigenvalue weighted by molar-refractivity contribution is -0.147. The van der Waals surface area contributed by atoms with Crippen molar-refractivity contribution in [1.82, 2.24) is 16.1 Å². The summed E-state index contributed by atoms with van der Waals surface area (Å²) in [6.07, 6.45) is -1.58. The fourth-order valence-electron chi connectivity index (χ4n) is 3.75. The molecule has 0 heterocycles. The molecule has 5 N–H and O–H groups in total. The summed E-state index contributed by atoms with van der Waals surface area (Å²) in [5.41, 5.74) is 3.03. The van der Waals surface area contributed by atoms with Crippen molar-refractivity contribution in [2.45, 2.75) is 38.3 Å². The molecule has 8 nitrogen and oxygen atoms in total. The molecular weight excluding hydrogens is 410 g/mol. The van der Waals surface area contributed by atoms with E-state index in [2.05, 4.69) is 10.6 Å². The van der Waals surface area contributed by atoms with Gasteiger partial charge in [0.25, 0.3) is 5.91 Å². The molecule has 0 aliphatic heterocycles. The molecule has 3 atom stereocenters. The van der Waals surface area contributed by atoms with E-state index in [4.69, 9.17) is 5.21 Å². The molecule has 0 aliphatic rings. The highest BCUT2D eigenvalue weighted by Gasteiger charge is 2.37. The van der Waals surface area contributed by atoms with Crippen LogP contribution >= 0.6 is 0 Å². The maximum absolute atomic E-state index is 13.2. The standard InChI is InChI=1S/C24H31N3O5/c1-15(2)14-18(21(28)24(31)27-32)22(29)26-20(23(30)25-3)19(16-10-6-4-7-11-16)17-12-8-5-9-13-17/h4-13,15,18-21,28,32H,14H2,1-3H3,(H,25,30)(H,26,29)(H,27,31). The van der Waals surface area contributed by atoms with Crippen molar-refractivity contribution >= 4 is 17.7 Å². The maximum Gasteiger partial charge on any atom is 0.272 e. The van der Waals surface area contributed by atoms with E-state index in [1.54, 1.807) is 0 Å². The molecule has 0 spiro atoms. The Morgan fingerprint density at radius 3 is 1.75 bits per heavy atom. The van der Waals surface area contributed by atoms with Crippen molar-refractivity contribution < 1.29 is 24.7 Å². The van der Waals surface area contributed by atoms with E-state index in [9.17, 15) is 19.5 Å². The minimum atomic E-state index is -1.76. The van der Waals surface area contributed by atoms with Gasteiger partial charge in [-0.05, 0) is 23.5 Å². The van der Waals surface area contributed by atoms with Crippen LogP contribution in [0.4, 0.5) is 0 Å². The van der Waals surface area contributed by atoms with Gasteiger partial charge in [0.1, 0.15) is 12.1 Å². The van der Waals surface area contributed by atoms with Crippen LogP contribution in [-0.4, -0.2) is 47.2 Å². The second-order valence-electron chi connectivity index (χ2n) is 8.06. The van der Waals surface area contributed by atoms with Crippen LogP contribution in [0.15, 0.2) is 60.7 Å². The predicted molar refractivity (Wildman–Crippen MR) is 120 cm³/mol. The molecule has 3 unspecified atom stereocenters. The molecule has 0 aromatic heterocycles. The number of hydrogen-bond acceptors (Lipinski definition) is 5. The minimum Gasteiger partial charge on any atom is -0.382 e. The number of benzene rings is 2. The highest BCUT2D eigenvalue weighted by molar-refractivity contribution is 5.93. The number of aliphatic hydroxyl groups is 1. The molecular formula is C24H31N3O5. The van der Waals surface area contributed by atoms with Crippen LogP contribution in [-0.2, 0) is 14.4 Å². The zero-order valence-electron chi connectivity index (χ0n) is 18.5. The van der Waals surface area contributed by atoms with Crippen LogP contribution in [0, 0.1) is 11.8 Å². The third-order valence-electron chi connectivity index (χ3n) is 5.30. The summed E-state index contributed by atoms with van der Waals surface area (Å²) in [5, 5.41) is 24.6. The molecule has 0 saturated carbocycles. The van der Waals surface area contributed by atoms with Gasteiger partial charge in [0.15, 0.2) is 0 Å². The van der Waals surface area contributed by atoms with Gasteiger partial charge >= 0.3 is 0 Å². The van der Waals surface area contributed by atoms with Gasteiger partial charge in [-0.25, -0.2) is 5.48 Å². The first-order valence-electron chi connectivity index (χ1n) is 10.5. The van der Waals surface area contributed by atoms with Gasteiger partial charge in [-0.2, -0.15) is 0 Å². The Morgan fingerprint density at radius 1 is 0.844 bits per heavy atom. The van der Waals surface area contributed by atoms with Gasteiger partial charge in [0.2, 0.25) is 11.8 Å². The molecule has 3 amide bonds. The lowest BCUT2D eigenvalue weighted by atomic mass is 9.83. The zero-order chi connectivity index (χ0) is 23.7. The van der Waals surface area contributed by atoms with E-state index < -0.39 is 41.7 Å². The van der Waals surface area contributed by atoms with Crippen LogP contribution in [0.1, 0.15) is 37.3 Å². The van der Waals surface area contributed by atoms with Crippen molar-refractivity contribution in [3.05, 3.63) is 71.8 Å². The number of rotatable bonds is 10. The van der Waals surface area contributed by atoms with Crippen molar-refractivity contribution in [3.63, 3.8) is 0 Å². The first-order valence-corrected chi connectivity index (χ1v) is 10.5. The Kier molecular flexibility index (Phi) is 9.37. The van der Waals surface area contributed by atoms with Gasteiger partial charge in [-0.15, -0.1) is 0 Å². The van der Waals surface area contributed by atoms with Crippen LogP contribution in [0.25, 0.3) is 0 Å². The molecule has 0 aliphatic carbocycles. The van der Waals surface area contributed by atoms with Crippen molar-refractivity contribution in [2.24, 2.45) is 11.8 Å². The van der Waals surface area contributed by atoms with Crippen LogP contribution in [0.3, 0.4) is 0 Å². The third kappa shape index (κ3) is 6.38. The van der Waals surface area contributed by atoms with Crippen molar-refractivity contribution in [3.8, 4) is 0 Å². The first-order chi connectivity index (χ1) is 15.3. The van der Waals surface area contributed by atoms with Gasteiger partial charge in [0, 0.05) is 13.0 Å². The second-order valence-corrected chi connectivity index (χ2v) is 8.06. The normalized spacial score (nSPS) is 13.8. The number of nitrogens with one attached hydrogen (secondary N) is 3. The first kappa shape index (κ1) is 25.0. The van der Waals surface area contributed by atoms with Crippen LogP contribution in [0.2, 0.25) is 0 Å². The van der Waals surface area contributed by atoms with Gasteiger partial charge in [-0.3, -0.25) is 19.6 Å². The van der Waals surface area contributed by atoms with Crippen molar-refractivity contribution in [1.29, 1.82) is 0 Å². The molecule has 0 saturated heterocycles. The van der Waals surface area contributed by atoms with Crippen LogP contribution in [0.5, 0.6) is 0 Å². The largest absolute Gasteiger partial charge is 0.382 e. The summed E-state index contributed by atoms with van der Waals surface area (Å²) in [7, 11) is 1.48. The number of likely N-dealkylation sites (N-methyl/N-ethyl adjacent to an activating group) is 1. The Labute approximate surface area is 188 Å². The SMILES string of the molecule is CNC(=O)C(NC(=O)C(CC(C)C)C(O)C(=O)NO)C(c1ccccc1)c1ccccc1. The monoisotopic (exact) mass is 441 g/mol. The zero-order valence-corrected chi connectivity index (χ0v) is 18.5. The second kappa shape index (κ2) is 12.0. The molecule has 172 valence electrons. The van der Waals surface area contributed by atoms with E-state index >= 15 is 0 Å². The number of hydroxylamine groups is 1. The summed E-state index contributed by atoms with van der Waals surface area (Å²) in [5.74, 6) is -3.83. The third-order valence-corrected chi connectivity index (χ3v) is 5.30. The van der Waals surface area contributed by atoms with Gasteiger partial charge in [0.05, 0.1) is 5.92 Å². The molecule has 2 rings (SSSR count). The lowest BCUT2D eigenvalue weighted by Gasteiger charge is -2.30. The average Bonchev–Trinajstić information content (AvgIpc) is 2.81. The van der Waals surface area contributed by atoms with E-state index in [1.165, 1.54) is 12.5 Å². The van der Waals surface area contributed by atoms with E-state index in [1.807, 2.05) is 74.5 Å². The highest BCUT2D eigenvalue weighted by Crippen LogP contribution is 2.29. The van der Waals surface area contributed by atoms with E-state index in [0.717, 1.165) is 11.1 Å². The molecule has 0 bridgehead atoms. The fourth-order valence-corrected chi connectivity index (χ4v) is 3.75. The van der Waals surface area contributed by atoms with E-state index in [0.29, 0.717) is 0 Å². The fraction of sp³-hybridized carbons (Fsp3) is 0.375. The summed E-state index contributed by atoms with van der Waals surface area (Å²) >= 11 is 0. The predicted octanol–water partition coefficient (Wildman–Crippen LogP) is 1.58. The Bertz CT molecular complexity index is 850. The Balaban J connectivity index is 2.47. The van der Waals surface area contributed by atoms with Gasteiger partial charge in [-0.1, -0.05) is 74.5 Å². The Morgan fingerprint density at radius 2 is 1.34 bits per heavy atom. The molecule has 2 aromatic rings. The number of aliphatic hydroxyl groups excluding tert-OH is 1. The summed E-state index contributed by atoms with van der Waals surface area (Å²) in [6.45, 7) is 3.69. The molecule has 0 fully saturated rings. The van der Waals surface area contributed by atoms with Gasteiger partial charge < -0.3 is 15.7 Å². The number of carbonyl (C=O) groups excluding carboxylic acids is 3. The summed E-state index contributed by atoms with van der Waals surface area (Å²) in [6, 6.07) is 17.6. The minimum absolute atomic E-state index is 0.0237. The molecule has 0 radical (unpaired) electrons. The van der Waals surface area contributed by atoms with Crippen molar-refractivity contribution in [2.75, 3.05) is 7.05 Å². The van der Waals surface area contributed by atoms with E-state index in [-0.39, 0.29) is 12.3 Å². The Hall–Kier alpha value is -3.23. The summed E-state index contributed by atoms with van der Waals surface area (Å²) < 4.78 is 0. The topological polar surface area (TPSA) is 128 Å². The lowest BCUT2D eigenvalue weighted by Crippen LogP contribution is -2.54. The van der Waals surface area contributed by atoms with Crippen LogP contribution < -0.4 is 16.1 Å². The smallest absolute Gasteiger partial charge is 0.272 e.